The summed E-state index contributed by atoms with van der Waals surface area (Å²) in [5, 5.41) is 3.92. The van der Waals surface area contributed by atoms with Crippen molar-refractivity contribution in [2.45, 2.75) is 11.4 Å². The summed E-state index contributed by atoms with van der Waals surface area (Å²) in [7, 11) is -2.40. The molecule has 20 heavy (non-hydrogen) atoms. The predicted octanol–water partition coefficient (Wildman–Crippen LogP) is 0.806. The summed E-state index contributed by atoms with van der Waals surface area (Å²) in [6, 6.07) is 5.38. The first-order valence-corrected chi connectivity index (χ1v) is 7.36. The lowest BCUT2D eigenvalue weighted by molar-refractivity contribution is 0.592. The molecule has 1 aromatic heterocycles. The van der Waals surface area contributed by atoms with E-state index in [2.05, 4.69) is 5.10 Å². The van der Waals surface area contributed by atoms with Crippen LogP contribution in [0.25, 0.3) is 0 Å². The molecular weight excluding hydrogens is 283 g/mol. The van der Waals surface area contributed by atoms with E-state index in [9.17, 15) is 12.8 Å². The minimum absolute atomic E-state index is 0.0395. The lowest BCUT2D eigenvalue weighted by Gasteiger charge is -2.18. The summed E-state index contributed by atoms with van der Waals surface area (Å²) in [6.45, 7) is 0.792. The molecule has 1 aromatic carbocycles. The van der Waals surface area contributed by atoms with Crippen molar-refractivity contribution < 1.29 is 12.8 Å². The van der Waals surface area contributed by atoms with Gasteiger partial charge < -0.3 is 5.73 Å². The number of aromatic nitrogens is 2. The Morgan fingerprint density at radius 1 is 1.45 bits per heavy atom. The van der Waals surface area contributed by atoms with Gasteiger partial charge in [-0.05, 0) is 18.2 Å². The van der Waals surface area contributed by atoms with E-state index in [4.69, 9.17) is 5.73 Å². The number of rotatable bonds is 5. The molecule has 0 bridgehead atoms. The molecule has 6 nitrogen and oxygen atoms in total. The summed E-state index contributed by atoms with van der Waals surface area (Å²) < 4.78 is 40.4. The minimum Gasteiger partial charge on any atom is -0.329 e. The molecule has 0 aliphatic rings. The second-order valence-corrected chi connectivity index (χ2v) is 6.15. The third-order valence-corrected chi connectivity index (χ3v) is 4.54. The topological polar surface area (TPSA) is 81.2 Å². The molecule has 1 heterocycles. The molecule has 0 radical (unpaired) electrons. The van der Waals surface area contributed by atoms with Crippen molar-refractivity contribution in [3.8, 4) is 0 Å². The van der Waals surface area contributed by atoms with Crippen LogP contribution in [0.15, 0.2) is 41.6 Å². The van der Waals surface area contributed by atoms with Gasteiger partial charge in [-0.25, -0.2) is 12.8 Å². The molecule has 108 valence electrons. The highest BCUT2D eigenvalue weighted by Gasteiger charge is 2.23. The molecule has 0 aliphatic carbocycles. The molecule has 0 unspecified atom stereocenters. The Morgan fingerprint density at radius 2 is 2.20 bits per heavy atom. The van der Waals surface area contributed by atoms with Crippen molar-refractivity contribution in [3.05, 3.63) is 42.5 Å². The van der Waals surface area contributed by atoms with Crippen LogP contribution in [0.1, 0.15) is 0 Å². The predicted molar refractivity (Wildman–Crippen MR) is 73.3 cm³/mol. The molecule has 0 fully saturated rings. The Labute approximate surface area is 116 Å². The summed E-state index contributed by atoms with van der Waals surface area (Å²) in [6.07, 6.45) is 2.65. The number of halogens is 1. The van der Waals surface area contributed by atoms with Gasteiger partial charge in [0.05, 0.1) is 18.4 Å². The Hall–Kier alpha value is -1.93. The van der Waals surface area contributed by atoms with Gasteiger partial charge in [0.15, 0.2) is 0 Å². The van der Waals surface area contributed by atoms with Gasteiger partial charge in [0.25, 0.3) is 10.0 Å². The Bertz CT molecular complexity index is 699. The number of nitrogens with zero attached hydrogens (tertiary/aromatic N) is 3. The van der Waals surface area contributed by atoms with Gasteiger partial charge in [-0.15, -0.1) is 0 Å². The van der Waals surface area contributed by atoms with Crippen LogP contribution in [0.3, 0.4) is 0 Å². The Morgan fingerprint density at radius 3 is 2.85 bits per heavy atom. The molecule has 0 amide bonds. The molecule has 2 rings (SSSR count). The van der Waals surface area contributed by atoms with Crippen molar-refractivity contribution >= 4 is 15.7 Å². The normalized spacial score (nSPS) is 11.6. The quantitative estimate of drug-likeness (QED) is 0.885. The largest absolute Gasteiger partial charge is 0.329 e. The molecule has 2 N–H and O–H groups in total. The third kappa shape index (κ3) is 2.81. The van der Waals surface area contributed by atoms with Crippen molar-refractivity contribution in [2.75, 3.05) is 17.9 Å². The van der Waals surface area contributed by atoms with E-state index in [0.29, 0.717) is 13.1 Å². The zero-order chi connectivity index (χ0) is 14.8. The van der Waals surface area contributed by atoms with E-state index >= 15 is 0 Å². The van der Waals surface area contributed by atoms with Crippen LogP contribution in [-0.2, 0) is 16.6 Å². The van der Waals surface area contributed by atoms with Crippen molar-refractivity contribution in [1.29, 1.82) is 0 Å². The highest BCUT2D eigenvalue weighted by molar-refractivity contribution is 7.92. The van der Waals surface area contributed by atoms with Crippen LogP contribution in [0.2, 0.25) is 0 Å². The molecule has 2 aromatic rings. The fourth-order valence-corrected chi connectivity index (χ4v) is 2.84. The van der Waals surface area contributed by atoms with E-state index in [-0.39, 0.29) is 10.6 Å². The van der Waals surface area contributed by atoms with E-state index in [1.807, 2.05) is 0 Å². The SMILES string of the molecule is CN(c1cccc(F)c1)S(=O)(=O)c1cnn(CCN)c1. The Balaban J connectivity index is 2.33. The molecule has 0 saturated carbocycles. The first-order chi connectivity index (χ1) is 9.45. The van der Waals surface area contributed by atoms with E-state index in [0.717, 1.165) is 10.4 Å². The molecule has 0 spiro atoms. The fourth-order valence-electron chi connectivity index (χ4n) is 1.70. The summed E-state index contributed by atoms with van der Waals surface area (Å²) >= 11 is 0. The number of hydrogen-bond acceptors (Lipinski definition) is 4. The average molecular weight is 298 g/mol. The van der Waals surface area contributed by atoms with Gasteiger partial charge in [0.1, 0.15) is 10.7 Å². The number of anilines is 1. The van der Waals surface area contributed by atoms with Gasteiger partial charge in [0, 0.05) is 19.8 Å². The zero-order valence-electron chi connectivity index (χ0n) is 10.9. The molecule has 0 atom stereocenters. The van der Waals surface area contributed by atoms with Crippen molar-refractivity contribution in [3.63, 3.8) is 0 Å². The highest BCUT2D eigenvalue weighted by atomic mass is 32.2. The third-order valence-electron chi connectivity index (χ3n) is 2.80. The van der Waals surface area contributed by atoms with Crippen LogP contribution in [0, 0.1) is 5.82 Å². The van der Waals surface area contributed by atoms with Crippen LogP contribution >= 0.6 is 0 Å². The number of benzene rings is 1. The van der Waals surface area contributed by atoms with Crippen LogP contribution in [-0.4, -0.2) is 31.8 Å². The lowest BCUT2D eigenvalue weighted by Crippen LogP contribution is -2.26. The van der Waals surface area contributed by atoms with Gasteiger partial charge in [-0.1, -0.05) is 6.07 Å². The smallest absolute Gasteiger partial charge is 0.267 e. The fraction of sp³-hybridized carbons (Fsp3) is 0.250. The Kier molecular flexibility index (Phi) is 4.05. The van der Waals surface area contributed by atoms with E-state index < -0.39 is 15.8 Å². The van der Waals surface area contributed by atoms with Crippen molar-refractivity contribution in [1.82, 2.24) is 9.78 Å². The molecule has 8 heteroatoms. The van der Waals surface area contributed by atoms with E-state index in [1.54, 1.807) is 0 Å². The molecule has 0 aliphatic heterocycles. The lowest BCUT2D eigenvalue weighted by atomic mass is 10.3. The van der Waals surface area contributed by atoms with Crippen LogP contribution < -0.4 is 10.0 Å². The summed E-state index contributed by atoms with van der Waals surface area (Å²) in [5.41, 5.74) is 5.63. The maximum atomic E-state index is 13.2. The second kappa shape index (κ2) is 5.59. The maximum Gasteiger partial charge on any atom is 0.267 e. The minimum atomic E-state index is -3.76. The highest BCUT2D eigenvalue weighted by Crippen LogP contribution is 2.22. The second-order valence-electron chi connectivity index (χ2n) is 4.18. The first kappa shape index (κ1) is 14.5. The van der Waals surface area contributed by atoms with Crippen LogP contribution in [0.5, 0.6) is 0 Å². The van der Waals surface area contributed by atoms with Gasteiger partial charge in [-0.2, -0.15) is 5.10 Å². The van der Waals surface area contributed by atoms with Crippen LogP contribution in [0.4, 0.5) is 10.1 Å². The standard InChI is InChI=1S/C12H15FN4O2S/c1-16(11-4-2-3-10(13)7-11)20(18,19)12-8-15-17(9-12)6-5-14/h2-4,7-9H,5-6,14H2,1H3. The van der Waals surface area contributed by atoms with Gasteiger partial charge >= 0.3 is 0 Å². The average Bonchev–Trinajstić information content (AvgIpc) is 2.87. The molecule has 0 saturated heterocycles. The molecular formula is C12H15FN4O2S. The number of nitrogens with two attached hydrogens (primary N) is 1. The maximum absolute atomic E-state index is 13.2. The van der Waals surface area contributed by atoms with Gasteiger partial charge in [0.2, 0.25) is 0 Å². The monoisotopic (exact) mass is 298 g/mol. The summed E-state index contributed by atoms with van der Waals surface area (Å²) in [5.74, 6) is -0.497. The zero-order valence-corrected chi connectivity index (χ0v) is 11.7. The number of sulfonamides is 1. The first-order valence-electron chi connectivity index (χ1n) is 5.92. The van der Waals surface area contributed by atoms with Gasteiger partial charge in [-0.3, -0.25) is 8.99 Å². The summed E-state index contributed by atoms with van der Waals surface area (Å²) in [4.78, 5) is 0.0395. The number of hydrogen-bond donors (Lipinski definition) is 1. The van der Waals surface area contributed by atoms with E-state index in [1.165, 1.54) is 42.3 Å². The van der Waals surface area contributed by atoms with Crippen molar-refractivity contribution in [2.24, 2.45) is 5.73 Å².